The van der Waals surface area contributed by atoms with E-state index in [-0.39, 0.29) is 0 Å². The van der Waals surface area contributed by atoms with Crippen LogP contribution in [0, 0.1) is 13.8 Å². The van der Waals surface area contributed by atoms with E-state index < -0.39 is 0 Å². The summed E-state index contributed by atoms with van der Waals surface area (Å²) in [5.74, 6) is 0. The van der Waals surface area contributed by atoms with Crippen LogP contribution in [0.1, 0.15) is 11.3 Å². The Morgan fingerprint density at radius 3 is 2.76 bits per heavy atom. The molecular weight excluding hydrogens is 260 g/mol. The largest absolute Gasteiger partial charge is 0.253 e. The zero-order valence-electron chi connectivity index (χ0n) is 11.9. The highest BCUT2D eigenvalue weighted by molar-refractivity contribution is 5.97. The zero-order chi connectivity index (χ0) is 14.4. The van der Waals surface area contributed by atoms with E-state index in [1.54, 1.807) is 0 Å². The molecule has 3 heterocycles. The van der Waals surface area contributed by atoms with Crippen molar-refractivity contribution in [1.82, 2.24) is 19.6 Å². The molecule has 0 spiro atoms. The molecule has 0 aliphatic carbocycles. The summed E-state index contributed by atoms with van der Waals surface area (Å²) in [6.45, 7) is 4.03. The lowest BCUT2D eigenvalue weighted by Gasteiger charge is -2.06. The second-order valence-electron chi connectivity index (χ2n) is 5.29. The molecule has 0 saturated heterocycles. The van der Waals surface area contributed by atoms with Gasteiger partial charge in [0.2, 0.25) is 0 Å². The molecule has 4 heteroatoms. The van der Waals surface area contributed by atoms with Crippen molar-refractivity contribution in [3.63, 3.8) is 0 Å². The topological polar surface area (TPSA) is 43.1 Å². The van der Waals surface area contributed by atoms with Gasteiger partial charge in [-0.2, -0.15) is 5.10 Å². The van der Waals surface area contributed by atoms with Crippen LogP contribution in [0.15, 0.2) is 48.9 Å². The molecule has 4 rings (SSSR count). The van der Waals surface area contributed by atoms with Crippen molar-refractivity contribution in [2.75, 3.05) is 0 Å². The summed E-state index contributed by atoms with van der Waals surface area (Å²) in [6, 6.07) is 10.3. The maximum atomic E-state index is 4.59. The van der Waals surface area contributed by atoms with Gasteiger partial charge in [-0.25, -0.2) is 9.50 Å². The van der Waals surface area contributed by atoms with Gasteiger partial charge in [0.15, 0.2) is 5.65 Å². The number of aromatic nitrogens is 4. The van der Waals surface area contributed by atoms with E-state index in [0.29, 0.717) is 0 Å². The highest BCUT2D eigenvalue weighted by atomic mass is 15.2. The Morgan fingerprint density at radius 2 is 1.86 bits per heavy atom. The molecule has 0 unspecified atom stereocenters. The van der Waals surface area contributed by atoms with Gasteiger partial charge in [-0.3, -0.25) is 4.98 Å². The molecule has 0 radical (unpaired) electrons. The molecule has 4 nitrogen and oxygen atoms in total. The quantitative estimate of drug-likeness (QED) is 0.533. The minimum atomic E-state index is 0.872. The van der Waals surface area contributed by atoms with E-state index in [4.69, 9.17) is 0 Å². The fourth-order valence-corrected chi connectivity index (χ4v) is 2.69. The number of pyridine rings is 1. The van der Waals surface area contributed by atoms with Crippen molar-refractivity contribution in [2.24, 2.45) is 0 Å². The first kappa shape index (κ1) is 12.0. The smallest absolute Gasteiger partial charge is 0.162 e. The summed E-state index contributed by atoms with van der Waals surface area (Å²) in [5, 5.41) is 5.55. The molecule has 0 aliphatic rings. The zero-order valence-corrected chi connectivity index (χ0v) is 11.9. The molecule has 102 valence electrons. The van der Waals surface area contributed by atoms with Crippen molar-refractivity contribution in [3.8, 4) is 11.1 Å². The number of aryl methyl sites for hydroxylation is 2. The van der Waals surface area contributed by atoms with E-state index in [1.165, 1.54) is 0 Å². The highest BCUT2D eigenvalue weighted by Crippen LogP contribution is 2.30. The predicted molar refractivity (Wildman–Crippen MR) is 83.2 cm³/mol. The fraction of sp³-hybridized carbons (Fsp3) is 0.118. The van der Waals surface area contributed by atoms with Gasteiger partial charge in [0.05, 0.1) is 11.7 Å². The first-order valence-corrected chi connectivity index (χ1v) is 6.89. The monoisotopic (exact) mass is 274 g/mol. The summed E-state index contributed by atoms with van der Waals surface area (Å²) in [7, 11) is 0. The third-order valence-corrected chi connectivity index (χ3v) is 3.62. The van der Waals surface area contributed by atoms with Gasteiger partial charge in [0.1, 0.15) is 0 Å². The molecule has 1 aromatic carbocycles. The lowest BCUT2D eigenvalue weighted by atomic mass is 10.0. The molecule has 0 N–H and O–H groups in total. The lowest BCUT2D eigenvalue weighted by Crippen LogP contribution is -1.92. The van der Waals surface area contributed by atoms with Gasteiger partial charge >= 0.3 is 0 Å². The molecule has 0 saturated carbocycles. The van der Waals surface area contributed by atoms with E-state index in [9.17, 15) is 0 Å². The van der Waals surface area contributed by atoms with Crippen molar-refractivity contribution in [1.29, 1.82) is 0 Å². The van der Waals surface area contributed by atoms with Crippen LogP contribution in [0.4, 0.5) is 0 Å². The first-order chi connectivity index (χ1) is 10.2. The average Bonchev–Trinajstić information content (AvgIpc) is 2.89. The van der Waals surface area contributed by atoms with E-state index in [2.05, 4.69) is 27.2 Å². The number of nitrogens with zero attached hydrogens (tertiary/aromatic N) is 4. The number of benzene rings is 1. The Balaban J connectivity index is 2.09. The molecule has 0 atom stereocenters. The number of hydrogen-bond donors (Lipinski definition) is 0. The molecular formula is C17H14N4. The van der Waals surface area contributed by atoms with Crippen LogP contribution in [0.3, 0.4) is 0 Å². The highest BCUT2D eigenvalue weighted by Gasteiger charge is 2.12. The predicted octanol–water partition coefficient (Wildman–Crippen LogP) is 3.56. The lowest BCUT2D eigenvalue weighted by molar-refractivity contribution is 0.928. The van der Waals surface area contributed by atoms with Crippen LogP contribution in [-0.4, -0.2) is 19.6 Å². The van der Waals surface area contributed by atoms with Crippen molar-refractivity contribution in [3.05, 3.63) is 60.2 Å². The third-order valence-electron chi connectivity index (χ3n) is 3.62. The maximum absolute atomic E-state index is 4.59. The van der Waals surface area contributed by atoms with Crippen molar-refractivity contribution in [2.45, 2.75) is 13.8 Å². The molecule has 0 fully saturated rings. The first-order valence-electron chi connectivity index (χ1n) is 6.89. The molecule has 0 aliphatic heterocycles. The molecule has 0 amide bonds. The Kier molecular flexibility index (Phi) is 2.51. The van der Waals surface area contributed by atoms with Crippen LogP contribution in [0.25, 0.3) is 27.7 Å². The van der Waals surface area contributed by atoms with Crippen LogP contribution >= 0.6 is 0 Å². The van der Waals surface area contributed by atoms with E-state index >= 15 is 0 Å². The number of hydrogen-bond acceptors (Lipinski definition) is 3. The third kappa shape index (κ3) is 1.88. The normalized spacial score (nSPS) is 11.3. The molecule has 21 heavy (non-hydrogen) atoms. The maximum Gasteiger partial charge on any atom is 0.162 e. The second kappa shape index (κ2) is 4.38. The van der Waals surface area contributed by atoms with Crippen LogP contribution < -0.4 is 0 Å². The Labute approximate surface area is 122 Å². The summed E-state index contributed by atoms with van der Waals surface area (Å²) < 4.78 is 1.83. The van der Waals surface area contributed by atoms with Gasteiger partial charge in [-0.15, -0.1) is 0 Å². The Bertz CT molecular complexity index is 969. The second-order valence-corrected chi connectivity index (χ2v) is 5.29. The number of fused-ring (bicyclic) bond motifs is 2. The molecule has 0 bridgehead atoms. The van der Waals surface area contributed by atoms with Gasteiger partial charge in [-0.05, 0) is 37.1 Å². The van der Waals surface area contributed by atoms with Gasteiger partial charge in [0.25, 0.3) is 0 Å². The van der Waals surface area contributed by atoms with Gasteiger partial charge < -0.3 is 0 Å². The van der Waals surface area contributed by atoms with Crippen LogP contribution in [0.5, 0.6) is 0 Å². The van der Waals surface area contributed by atoms with E-state index in [1.807, 2.05) is 55.2 Å². The number of para-hydroxylation sites is 1. The average molecular weight is 274 g/mol. The van der Waals surface area contributed by atoms with Crippen molar-refractivity contribution < 1.29 is 0 Å². The molecule has 3 aromatic heterocycles. The van der Waals surface area contributed by atoms with Gasteiger partial charge in [0, 0.05) is 29.0 Å². The Morgan fingerprint density at radius 1 is 1.00 bits per heavy atom. The summed E-state index contributed by atoms with van der Waals surface area (Å²) in [5.41, 5.74) is 6.12. The van der Waals surface area contributed by atoms with E-state index in [0.717, 1.165) is 38.9 Å². The van der Waals surface area contributed by atoms with Gasteiger partial charge in [-0.1, -0.05) is 18.2 Å². The fourth-order valence-electron chi connectivity index (χ4n) is 2.69. The van der Waals surface area contributed by atoms with Crippen LogP contribution in [-0.2, 0) is 0 Å². The molecule has 4 aromatic rings. The minimum Gasteiger partial charge on any atom is -0.253 e. The SMILES string of the molecule is Cc1cnc2c(-c3cc(C)nc4ccccc34)cnn2c1. The van der Waals surface area contributed by atoms with Crippen LogP contribution in [0.2, 0.25) is 0 Å². The minimum absolute atomic E-state index is 0.872. The standard InChI is InChI=1S/C17H14N4/c1-11-8-18-17-15(9-19-21(17)10-11)14-7-12(2)20-16-6-4-3-5-13(14)16/h3-10H,1-2H3. The Hall–Kier alpha value is -2.75. The summed E-state index contributed by atoms with van der Waals surface area (Å²) >= 11 is 0. The van der Waals surface area contributed by atoms with Crippen molar-refractivity contribution >= 4 is 16.6 Å². The number of rotatable bonds is 1. The summed E-state index contributed by atoms with van der Waals surface area (Å²) in [6.07, 6.45) is 5.74. The summed E-state index contributed by atoms with van der Waals surface area (Å²) in [4.78, 5) is 9.13.